The third-order valence-electron chi connectivity index (χ3n) is 3.40. The minimum atomic E-state index is -3.87. The van der Waals surface area contributed by atoms with E-state index >= 15 is 0 Å². The minimum Gasteiger partial charge on any atom is -0.399 e. The number of aryl methyl sites for hydroxylation is 1. The standard InChI is InChI=1S/C14H16N8O2S/c1-10-6-8-16-14(17-10)22(9-7-13-18-20-21-19-13)25(23,24)12-4-2-11(15)3-5-12/h2-6,8H,7,9,15H2,1H3,(H,18,19,20,21). The van der Waals surface area contributed by atoms with Crippen LogP contribution in [0.5, 0.6) is 0 Å². The lowest BCUT2D eigenvalue weighted by atomic mass is 10.3. The molecule has 0 unspecified atom stereocenters. The van der Waals surface area contributed by atoms with E-state index in [0.717, 1.165) is 4.31 Å². The number of nitrogen functional groups attached to an aromatic ring is 1. The highest BCUT2D eigenvalue weighted by Gasteiger charge is 2.27. The number of nitrogens with one attached hydrogen (secondary N) is 1. The molecule has 2 heterocycles. The molecule has 0 saturated carbocycles. The Morgan fingerprint density at radius 1 is 1.20 bits per heavy atom. The van der Waals surface area contributed by atoms with Gasteiger partial charge in [0.1, 0.15) is 0 Å². The highest BCUT2D eigenvalue weighted by Crippen LogP contribution is 2.21. The van der Waals surface area contributed by atoms with E-state index in [4.69, 9.17) is 5.73 Å². The average molecular weight is 360 g/mol. The first-order valence-electron chi connectivity index (χ1n) is 7.37. The van der Waals surface area contributed by atoms with E-state index in [1.807, 2.05) is 0 Å². The Hall–Kier alpha value is -3.08. The molecule has 0 amide bonds. The summed E-state index contributed by atoms with van der Waals surface area (Å²) in [5.41, 5.74) is 6.77. The van der Waals surface area contributed by atoms with Crippen LogP contribution in [0.15, 0.2) is 41.4 Å². The number of aromatic nitrogens is 6. The van der Waals surface area contributed by atoms with Crippen molar-refractivity contribution in [3.8, 4) is 0 Å². The predicted molar refractivity (Wildman–Crippen MR) is 90.0 cm³/mol. The van der Waals surface area contributed by atoms with Crippen molar-refractivity contribution in [3.63, 3.8) is 0 Å². The zero-order valence-corrected chi connectivity index (χ0v) is 14.2. The Morgan fingerprint density at radius 2 is 1.96 bits per heavy atom. The molecule has 25 heavy (non-hydrogen) atoms. The quantitative estimate of drug-likeness (QED) is 0.598. The van der Waals surface area contributed by atoms with E-state index in [1.165, 1.54) is 30.5 Å². The van der Waals surface area contributed by atoms with Crippen molar-refractivity contribution in [2.45, 2.75) is 18.2 Å². The molecule has 3 N–H and O–H groups in total. The van der Waals surface area contributed by atoms with Crippen LogP contribution in [0.4, 0.5) is 11.6 Å². The number of nitrogens with two attached hydrogens (primary N) is 1. The first-order chi connectivity index (χ1) is 12.0. The van der Waals surface area contributed by atoms with Gasteiger partial charge in [-0.25, -0.2) is 22.7 Å². The van der Waals surface area contributed by atoms with Gasteiger partial charge in [0.2, 0.25) is 5.95 Å². The van der Waals surface area contributed by atoms with Gasteiger partial charge >= 0.3 is 0 Å². The van der Waals surface area contributed by atoms with Gasteiger partial charge in [-0.1, -0.05) is 5.21 Å². The fourth-order valence-corrected chi connectivity index (χ4v) is 3.51. The average Bonchev–Trinajstić information content (AvgIpc) is 3.09. The normalized spacial score (nSPS) is 11.4. The molecule has 3 rings (SSSR count). The van der Waals surface area contributed by atoms with Crippen LogP contribution in [0.25, 0.3) is 0 Å². The van der Waals surface area contributed by atoms with Crippen LogP contribution >= 0.6 is 0 Å². The molecule has 0 aliphatic carbocycles. The summed E-state index contributed by atoms with van der Waals surface area (Å²) < 4.78 is 27.2. The van der Waals surface area contributed by atoms with Gasteiger partial charge in [0.25, 0.3) is 10.0 Å². The zero-order chi connectivity index (χ0) is 17.9. The molecule has 0 radical (unpaired) electrons. The van der Waals surface area contributed by atoms with Crippen LogP contribution in [-0.2, 0) is 16.4 Å². The maximum atomic E-state index is 13.1. The van der Waals surface area contributed by atoms with Gasteiger partial charge in [0.15, 0.2) is 5.82 Å². The number of nitrogens with zero attached hydrogens (tertiary/aromatic N) is 6. The third-order valence-corrected chi connectivity index (χ3v) is 5.20. The molecule has 0 atom stereocenters. The van der Waals surface area contributed by atoms with E-state index in [2.05, 4.69) is 30.6 Å². The van der Waals surface area contributed by atoms with Crippen LogP contribution in [0.2, 0.25) is 0 Å². The van der Waals surface area contributed by atoms with Crippen molar-refractivity contribution < 1.29 is 8.42 Å². The molecule has 130 valence electrons. The SMILES string of the molecule is Cc1ccnc(N(CCc2nn[nH]n2)S(=O)(=O)c2ccc(N)cc2)n1. The fraction of sp³-hybridized carbons (Fsp3) is 0.214. The van der Waals surface area contributed by atoms with Crippen molar-refractivity contribution in [2.24, 2.45) is 0 Å². The monoisotopic (exact) mass is 360 g/mol. The van der Waals surface area contributed by atoms with E-state index in [-0.39, 0.29) is 23.8 Å². The van der Waals surface area contributed by atoms with Crippen LogP contribution in [0.1, 0.15) is 11.5 Å². The van der Waals surface area contributed by atoms with Crippen molar-refractivity contribution in [1.29, 1.82) is 0 Å². The summed E-state index contributed by atoms with van der Waals surface area (Å²) in [6.45, 7) is 1.83. The number of aromatic amines is 1. The van der Waals surface area contributed by atoms with Crippen molar-refractivity contribution in [1.82, 2.24) is 30.6 Å². The van der Waals surface area contributed by atoms with Gasteiger partial charge in [-0.2, -0.15) is 5.21 Å². The number of sulfonamides is 1. The molecule has 10 nitrogen and oxygen atoms in total. The summed E-state index contributed by atoms with van der Waals surface area (Å²) in [5.74, 6) is 0.477. The summed E-state index contributed by atoms with van der Waals surface area (Å²) in [4.78, 5) is 8.42. The Bertz CT molecular complexity index is 941. The molecule has 0 fully saturated rings. The number of hydrogen-bond donors (Lipinski definition) is 2. The molecular weight excluding hydrogens is 344 g/mol. The number of H-pyrrole nitrogens is 1. The second kappa shape index (κ2) is 6.81. The second-order valence-corrected chi connectivity index (χ2v) is 7.08. The van der Waals surface area contributed by atoms with E-state index in [0.29, 0.717) is 17.2 Å². The molecule has 3 aromatic rings. The van der Waals surface area contributed by atoms with Gasteiger partial charge in [-0.05, 0) is 37.3 Å². The van der Waals surface area contributed by atoms with Gasteiger partial charge in [0.05, 0.1) is 4.90 Å². The number of benzene rings is 1. The highest BCUT2D eigenvalue weighted by molar-refractivity contribution is 7.92. The van der Waals surface area contributed by atoms with Gasteiger partial charge in [-0.15, -0.1) is 10.2 Å². The predicted octanol–water partition coefficient (Wildman–Crippen LogP) is 0.318. The molecule has 11 heteroatoms. The van der Waals surface area contributed by atoms with Crippen molar-refractivity contribution in [3.05, 3.63) is 48.0 Å². The summed E-state index contributed by atoms with van der Waals surface area (Å²) in [5, 5.41) is 13.5. The van der Waals surface area contributed by atoms with E-state index in [9.17, 15) is 8.42 Å². The Morgan fingerprint density at radius 3 is 2.60 bits per heavy atom. The molecule has 0 saturated heterocycles. The zero-order valence-electron chi connectivity index (χ0n) is 13.4. The smallest absolute Gasteiger partial charge is 0.266 e. The summed E-state index contributed by atoms with van der Waals surface area (Å²) in [7, 11) is -3.87. The maximum absolute atomic E-state index is 13.1. The largest absolute Gasteiger partial charge is 0.399 e. The lowest BCUT2D eigenvalue weighted by Crippen LogP contribution is -2.34. The molecule has 0 aliphatic rings. The topological polar surface area (TPSA) is 144 Å². The molecule has 2 aromatic heterocycles. The number of hydrogen-bond acceptors (Lipinski definition) is 8. The molecular formula is C14H16N8O2S. The Balaban J connectivity index is 1.98. The maximum Gasteiger partial charge on any atom is 0.266 e. The summed E-state index contributed by atoms with van der Waals surface area (Å²) >= 11 is 0. The lowest BCUT2D eigenvalue weighted by molar-refractivity contribution is 0.588. The fourth-order valence-electron chi connectivity index (χ4n) is 2.14. The Labute approximate surface area is 144 Å². The lowest BCUT2D eigenvalue weighted by Gasteiger charge is -2.22. The van der Waals surface area contributed by atoms with Gasteiger partial charge < -0.3 is 5.73 Å². The van der Waals surface area contributed by atoms with Crippen LogP contribution in [0.3, 0.4) is 0 Å². The molecule has 0 aliphatic heterocycles. The molecule has 0 spiro atoms. The van der Waals surface area contributed by atoms with Crippen LogP contribution < -0.4 is 10.0 Å². The van der Waals surface area contributed by atoms with Crippen LogP contribution in [0, 0.1) is 6.92 Å². The summed E-state index contributed by atoms with van der Waals surface area (Å²) in [6, 6.07) is 7.64. The second-order valence-electron chi connectivity index (χ2n) is 5.22. The van der Waals surface area contributed by atoms with Crippen molar-refractivity contribution >= 4 is 21.7 Å². The first kappa shape index (κ1) is 16.8. The summed E-state index contributed by atoms with van der Waals surface area (Å²) in [6.07, 6.45) is 1.76. The third kappa shape index (κ3) is 3.71. The van der Waals surface area contributed by atoms with Crippen molar-refractivity contribution in [2.75, 3.05) is 16.6 Å². The Kier molecular flexibility index (Phi) is 4.57. The van der Waals surface area contributed by atoms with E-state index < -0.39 is 10.0 Å². The molecule has 1 aromatic carbocycles. The number of anilines is 2. The molecule has 0 bridgehead atoms. The highest BCUT2D eigenvalue weighted by atomic mass is 32.2. The number of rotatable bonds is 6. The van der Waals surface area contributed by atoms with Crippen LogP contribution in [-0.4, -0.2) is 45.6 Å². The van der Waals surface area contributed by atoms with Gasteiger partial charge in [0, 0.05) is 30.5 Å². The van der Waals surface area contributed by atoms with E-state index in [1.54, 1.807) is 13.0 Å². The minimum absolute atomic E-state index is 0.0652. The number of tetrazole rings is 1. The van der Waals surface area contributed by atoms with Gasteiger partial charge in [-0.3, -0.25) is 0 Å². The first-order valence-corrected chi connectivity index (χ1v) is 8.81.